The Morgan fingerprint density at radius 1 is 0.763 bits per heavy atom. The Morgan fingerprint density at radius 3 is 1.39 bits per heavy atom. The topological polar surface area (TPSA) is 177 Å². The number of carbonyl (C=O) groups is 1. The van der Waals surface area contributed by atoms with Crippen molar-refractivity contribution in [1.82, 2.24) is 0 Å². The van der Waals surface area contributed by atoms with Gasteiger partial charge in [-0.3, -0.25) is 0 Å². The Hall–Kier alpha value is -2.21. The minimum Gasteiger partial charge on any atom is -0.478 e. The van der Waals surface area contributed by atoms with E-state index in [1.807, 2.05) is 37.3 Å². The fourth-order valence-corrected chi connectivity index (χ4v) is 1.63. The number of ether oxygens (including phenoxy) is 2. The summed E-state index contributed by atoms with van der Waals surface area (Å²) < 4.78 is 11.5. The van der Waals surface area contributed by atoms with E-state index in [1.54, 1.807) is 41.5 Å². The molecule has 0 saturated carbocycles. The summed E-state index contributed by atoms with van der Waals surface area (Å²) in [6, 6.07) is 9.37. The molecule has 10 heteroatoms. The first-order chi connectivity index (χ1) is 18.0. The highest BCUT2D eigenvalue weighted by Gasteiger charge is 2.27. The SMILES string of the molecule is CCCCC(C)(OC=C(C)C(=O)O)Oc1ccccc1.CCO.CCO.CCO.CCO.CCO.CCO. The van der Waals surface area contributed by atoms with Gasteiger partial charge < -0.3 is 45.2 Å². The van der Waals surface area contributed by atoms with Gasteiger partial charge in [-0.1, -0.05) is 31.5 Å². The number of para-hydroxylation sites is 1. The summed E-state index contributed by atoms with van der Waals surface area (Å²) in [4.78, 5) is 10.8. The lowest BCUT2D eigenvalue weighted by Crippen LogP contribution is -2.34. The van der Waals surface area contributed by atoms with Crippen LogP contribution in [0, 0.1) is 0 Å². The quantitative estimate of drug-likeness (QED) is 0.141. The fourth-order valence-electron chi connectivity index (χ4n) is 1.63. The zero-order valence-electron chi connectivity index (χ0n) is 25.2. The van der Waals surface area contributed by atoms with Gasteiger partial charge in [0.1, 0.15) is 5.75 Å². The van der Waals surface area contributed by atoms with Gasteiger partial charge in [0.05, 0.1) is 11.8 Å². The van der Waals surface area contributed by atoms with Crippen LogP contribution in [0.25, 0.3) is 0 Å². The molecule has 0 fully saturated rings. The molecule has 1 atom stereocenters. The molecule has 10 nitrogen and oxygen atoms in total. The number of carboxylic acid groups (broad SMARTS) is 1. The molecule has 0 radical (unpaired) electrons. The third kappa shape index (κ3) is 54.6. The minimum atomic E-state index is -0.998. The Bertz CT molecular complexity index is 538. The maximum absolute atomic E-state index is 10.8. The number of carboxylic acids is 1. The monoisotopic (exact) mass is 554 g/mol. The third-order valence-corrected chi connectivity index (χ3v) is 2.88. The first-order valence-electron chi connectivity index (χ1n) is 12.9. The molecule has 0 heterocycles. The van der Waals surface area contributed by atoms with Crippen molar-refractivity contribution in [2.75, 3.05) is 39.6 Å². The number of aliphatic carboxylic acids is 1. The highest BCUT2D eigenvalue weighted by molar-refractivity contribution is 5.85. The predicted molar refractivity (Wildman–Crippen MR) is 154 cm³/mol. The molecule has 0 amide bonds. The molecule has 0 bridgehead atoms. The third-order valence-electron chi connectivity index (χ3n) is 2.88. The maximum atomic E-state index is 10.8. The van der Waals surface area contributed by atoms with E-state index in [1.165, 1.54) is 13.2 Å². The van der Waals surface area contributed by atoms with Crippen molar-refractivity contribution in [3.8, 4) is 5.75 Å². The standard InChI is InChI=1S/C16H22O4.6C2H6O/c1-4-5-11-16(3,19-12-13(2)15(17)18)20-14-9-7-6-8-10-14;6*1-2-3/h6-10,12H,4-5,11H2,1-3H3,(H,17,18);6*3H,2H2,1H3. The number of hydrogen-bond donors (Lipinski definition) is 7. The highest BCUT2D eigenvalue weighted by atomic mass is 16.7. The summed E-state index contributed by atoms with van der Waals surface area (Å²) in [6.07, 6.45) is 3.88. The van der Waals surface area contributed by atoms with Crippen LogP contribution in [0.15, 0.2) is 42.2 Å². The number of aliphatic hydroxyl groups excluding tert-OH is 6. The molecular formula is C28H58O10. The van der Waals surface area contributed by atoms with Gasteiger partial charge in [0, 0.05) is 53.0 Å². The van der Waals surface area contributed by atoms with Crippen LogP contribution in [0.2, 0.25) is 0 Å². The van der Waals surface area contributed by atoms with Crippen molar-refractivity contribution < 1.29 is 50.0 Å². The number of unbranched alkanes of at least 4 members (excludes halogenated alkanes) is 1. The van der Waals surface area contributed by atoms with Crippen LogP contribution in [-0.4, -0.2) is 87.1 Å². The van der Waals surface area contributed by atoms with E-state index in [2.05, 4.69) is 6.92 Å². The van der Waals surface area contributed by atoms with Crippen LogP contribution < -0.4 is 4.74 Å². The Morgan fingerprint density at radius 2 is 1.11 bits per heavy atom. The van der Waals surface area contributed by atoms with E-state index in [0.29, 0.717) is 12.2 Å². The molecule has 230 valence electrons. The molecule has 1 aromatic carbocycles. The summed E-state index contributed by atoms with van der Waals surface area (Å²) in [5, 5.41) is 54.3. The van der Waals surface area contributed by atoms with Crippen molar-refractivity contribution >= 4 is 5.97 Å². The zero-order valence-corrected chi connectivity index (χ0v) is 25.2. The number of rotatable bonds is 8. The molecule has 0 saturated heterocycles. The number of benzene rings is 1. The molecule has 0 spiro atoms. The zero-order chi connectivity index (χ0) is 31.3. The predicted octanol–water partition coefficient (Wildman–Crippen LogP) is 3.97. The Balaban J connectivity index is -0.000000116. The lowest BCUT2D eigenvalue weighted by Gasteiger charge is -2.30. The maximum Gasteiger partial charge on any atom is 0.334 e. The minimum absolute atomic E-state index is 0.143. The fraction of sp³-hybridized carbons (Fsp3) is 0.679. The first kappa shape index (κ1) is 48.8. The summed E-state index contributed by atoms with van der Waals surface area (Å²) in [6.45, 7) is 17.0. The van der Waals surface area contributed by atoms with Crippen LogP contribution in [0.4, 0.5) is 0 Å². The van der Waals surface area contributed by atoms with Gasteiger partial charge in [-0.2, -0.15) is 0 Å². The van der Waals surface area contributed by atoms with Gasteiger partial charge in [0.25, 0.3) is 0 Å². The molecule has 1 unspecified atom stereocenters. The van der Waals surface area contributed by atoms with Crippen molar-refractivity contribution in [3.05, 3.63) is 42.2 Å². The van der Waals surface area contributed by atoms with E-state index in [-0.39, 0.29) is 45.2 Å². The van der Waals surface area contributed by atoms with Crippen molar-refractivity contribution in [2.45, 2.75) is 87.4 Å². The molecule has 0 aliphatic rings. The van der Waals surface area contributed by atoms with Gasteiger partial charge in [-0.05, 0) is 67.0 Å². The van der Waals surface area contributed by atoms with Gasteiger partial charge >= 0.3 is 5.97 Å². The number of hydrogen-bond acceptors (Lipinski definition) is 9. The van der Waals surface area contributed by atoms with Crippen molar-refractivity contribution in [2.24, 2.45) is 0 Å². The molecule has 0 aliphatic heterocycles. The molecule has 0 aliphatic carbocycles. The number of aliphatic hydroxyl groups is 6. The average molecular weight is 555 g/mol. The summed E-state index contributed by atoms with van der Waals surface area (Å²) >= 11 is 0. The lowest BCUT2D eigenvalue weighted by atomic mass is 10.1. The summed E-state index contributed by atoms with van der Waals surface area (Å²) in [5.41, 5.74) is 0.143. The largest absolute Gasteiger partial charge is 0.478 e. The second kappa shape index (κ2) is 44.8. The van der Waals surface area contributed by atoms with Crippen LogP contribution in [0.5, 0.6) is 5.75 Å². The smallest absolute Gasteiger partial charge is 0.334 e. The van der Waals surface area contributed by atoms with E-state index in [0.717, 1.165) is 12.8 Å². The Kier molecular flexibility index (Phi) is 57.5. The second-order valence-electron chi connectivity index (χ2n) is 6.77. The van der Waals surface area contributed by atoms with E-state index in [4.69, 9.17) is 45.2 Å². The molecule has 0 aromatic heterocycles. The molecule has 1 aromatic rings. The van der Waals surface area contributed by atoms with Gasteiger partial charge in [-0.25, -0.2) is 4.79 Å². The summed E-state index contributed by atoms with van der Waals surface area (Å²) in [7, 11) is 0. The second-order valence-corrected chi connectivity index (χ2v) is 6.77. The summed E-state index contributed by atoms with van der Waals surface area (Å²) in [5.74, 6) is -1.16. The van der Waals surface area contributed by atoms with Crippen molar-refractivity contribution in [3.63, 3.8) is 0 Å². The molecule has 1 rings (SSSR count). The van der Waals surface area contributed by atoms with E-state index in [9.17, 15) is 4.79 Å². The van der Waals surface area contributed by atoms with Crippen molar-refractivity contribution in [1.29, 1.82) is 0 Å². The van der Waals surface area contributed by atoms with Crippen LogP contribution >= 0.6 is 0 Å². The van der Waals surface area contributed by atoms with Gasteiger partial charge in [0.2, 0.25) is 5.79 Å². The Labute approximate surface area is 231 Å². The normalized spacial score (nSPS) is 10.4. The lowest BCUT2D eigenvalue weighted by molar-refractivity contribution is -0.140. The van der Waals surface area contributed by atoms with E-state index < -0.39 is 11.8 Å². The van der Waals surface area contributed by atoms with Gasteiger partial charge in [0.15, 0.2) is 0 Å². The molecule has 7 N–H and O–H groups in total. The van der Waals surface area contributed by atoms with Gasteiger partial charge in [-0.15, -0.1) is 0 Å². The van der Waals surface area contributed by atoms with Crippen LogP contribution in [-0.2, 0) is 9.53 Å². The molecule has 38 heavy (non-hydrogen) atoms. The van der Waals surface area contributed by atoms with E-state index >= 15 is 0 Å². The molecular weight excluding hydrogens is 496 g/mol. The van der Waals surface area contributed by atoms with Crippen LogP contribution in [0.1, 0.15) is 81.6 Å². The average Bonchev–Trinajstić information content (AvgIpc) is 2.85. The van der Waals surface area contributed by atoms with Crippen LogP contribution in [0.3, 0.4) is 0 Å². The first-order valence-corrected chi connectivity index (χ1v) is 12.9. The highest BCUT2D eigenvalue weighted by Crippen LogP contribution is 2.25.